The molecule has 0 fully saturated rings. The average Bonchev–Trinajstić information content (AvgIpc) is 2.79. The first-order valence-electron chi connectivity index (χ1n) is 6.57. The Labute approximate surface area is 120 Å². The molecule has 5 nitrogen and oxygen atoms in total. The van der Waals surface area contributed by atoms with Crippen molar-refractivity contribution in [2.75, 3.05) is 20.8 Å². The van der Waals surface area contributed by atoms with E-state index in [1.54, 1.807) is 25.1 Å². The molecule has 110 valence electrons. The molecule has 0 aliphatic heterocycles. The van der Waals surface area contributed by atoms with Crippen LogP contribution in [0.3, 0.4) is 0 Å². The standard InChI is InChI=1S/C13H24ClN3O2/c1-5-13(6-2,19-4)12(15)11-10(14)9-16-17(11)7-8-18-3/h9,12H,5-8,15H2,1-4H3. The van der Waals surface area contributed by atoms with Gasteiger partial charge in [0.2, 0.25) is 0 Å². The third kappa shape index (κ3) is 3.28. The Morgan fingerprint density at radius 2 is 2.05 bits per heavy atom. The number of aromatic nitrogens is 2. The molecule has 0 saturated heterocycles. The Morgan fingerprint density at radius 1 is 1.42 bits per heavy atom. The molecule has 0 aromatic carbocycles. The predicted molar refractivity (Wildman–Crippen MR) is 76.4 cm³/mol. The lowest BCUT2D eigenvalue weighted by molar-refractivity contribution is -0.0406. The zero-order valence-corrected chi connectivity index (χ0v) is 12.9. The summed E-state index contributed by atoms with van der Waals surface area (Å²) in [5, 5.41) is 4.84. The molecule has 6 heteroatoms. The maximum absolute atomic E-state index is 6.41. The number of hydrogen-bond acceptors (Lipinski definition) is 4. The van der Waals surface area contributed by atoms with E-state index in [1.807, 2.05) is 0 Å². The highest BCUT2D eigenvalue weighted by molar-refractivity contribution is 6.31. The lowest BCUT2D eigenvalue weighted by Crippen LogP contribution is -2.43. The molecule has 1 aromatic rings. The van der Waals surface area contributed by atoms with Gasteiger partial charge in [0.15, 0.2) is 0 Å². The van der Waals surface area contributed by atoms with E-state index in [4.69, 9.17) is 26.8 Å². The van der Waals surface area contributed by atoms with E-state index in [-0.39, 0.29) is 6.04 Å². The van der Waals surface area contributed by atoms with Crippen LogP contribution in [0.5, 0.6) is 0 Å². The topological polar surface area (TPSA) is 62.3 Å². The van der Waals surface area contributed by atoms with Crippen molar-refractivity contribution < 1.29 is 9.47 Å². The minimum absolute atomic E-state index is 0.320. The van der Waals surface area contributed by atoms with E-state index in [9.17, 15) is 0 Å². The van der Waals surface area contributed by atoms with Crippen LogP contribution in [0.1, 0.15) is 38.4 Å². The van der Waals surface area contributed by atoms with E-state index in [0.29, 0.717) is 18.2 Å². The Balaban J connectivity index is 3.09. The number of methoxy groups -OCH3 is 2. The Kier molecular flexibility index (Phi) is 6.26. The van der Waals surface area contributed by atoms with Gasteiger partial charge in [-0.25, -0.2) is 0 Å². The van der Waals surface area contributed by atoms with Gasteiger partial charge in [0.05, 0.1) is 41.7 Å². The maximum atomic E-state index is 6.41. The molecule has 0 aliphatic carbocycles. The largest absolute Gasteiger partial charge is 0.383 e. The summed E-state index contributed by atoms with van der Waals surface area (Å²) >= 11 is 6.24. The van der Waals surface area contributed by atoms with Gasteiger partial charge in [-0.15, -0.1) is 0 Å². The lowest BCUT2D eigenvalue weighted by Gasteiger charge is -2.36. The van der Waals surface area contributed by atoms with Gasteiger partial charge in [-0.3, -0.25) is 4.68 Å². The van der Waals surface area contributed by atoms with Crippen molar-refractivity contribution in [3.8, 4) is 0 Å². The summed E-state index contributed by atoms with van der Waals surface area (Å²) in [5.74, 6) is 0. The summed E-state index contributed by atoms with van der Waals surface area (Å²) in [6.07, 6.45) is 3.25. The molecular formula is C13H24ClN3O2. The molecule has 0 radical (unpaired) electrons. The van der Waals surface area contributed by atoms with Gasteiger partial charge in [0.1, 0.15) is 0 Å². The minimum Gasteiger partial charge on any atom is -0.383 e. The molecule has 1 aromatic heterocycles. The summed E-state index contributed by atoms with van der Waals surface area (Å²) in [4.78, 5) is 0. The molecular weight excluding hydrogens is 266 g/mol. The number of hydrogen-bond donors (Lipinski definition) is 1. The zero-order valence-electron chi connectivity index (χ0n) is 12.1. The van der Waals surface area contributed by atoms with Gasteiger partial charge in [0.25, 0.3) is 0 Å². The normalized spacial score (nSPS) is 13.8. The van der Waals surface area contributed by atoms with Crippen molar-refractivity contribution in [3.05, 3.63) is 16.9 Å². The van der Waals surface area contributed by atoms with Crippen LogP contribution < -0.4 is 5.73 Å². The fourth-order valence-electron chi connectivity index (χ4n) is 2.39. The zero-order chi connectivity index (χ0) is 14.5. The highest BCUT2D eigenvalue weighted by Gasteiger charge is 2.37. The predicted octanol–water partition coefficient (Wildman–Crippen LogP) is 2.39. The number of rotatable bonds is 8. The average molecular weight is 290 g/mol. The van der Waals surface area contributed by atoms with Gasteiger partial charge in [0, 0.05) is 14.2 Å². The molecule has 19 heavy (non-hydrogen) atoms. The first-order chi connectivity index (χ1) is 9.06. The SMILES string of the molecule is CCC(CC)(OC)C(N)c1c(Cl)cnn1CCOC. The van der Waals surface area contributed by atoms with E-state index in [0.717, 1.165) is 18.5 Å². The van der Waals surface area contributed by atoms with Crippen LogP contribution in [0, 0.1) is 0 Å². The van der Waals surface area contributed by atoms with E-state index >= 15 is 0 Å². The maximum Gasteiger partial charge on any atom is 0.0881 e. The van der Waals surface area contributed by atoms with Crippen LogP contribution >= 0.6 is 11.6 Å². The van der Waals surface area contributed by atoms with Crippen LogP contribution in [0.15, 0.2) is 6.20 Å². The summed E-state index contributed by atoms with van der Waals surface area (Å²) in [6, 6.07) is -0.320. The van der Waals surface area contributed by atoms with Gasteiger partial charge < -0.3 is 15.2 Å². The monoisotopic (exact) mass is 289 g/mol. The van der Waals surface area contributed by atoms with Crippen LogP contribution in [-0.4, -0.2) is 36.2 Å². The van der Waals surface area contributed by atoms with E-state index in [1.165, 1.54) is 0 Å². The van der Waals surface area contributed by atoms with Crippen molar-refractivity contribution in [1.29, 1.82) is 0 Å². The summed E-state index contributed by atoms with van der Waals surface area (Å²) < 4.78 is 12.6. The van der Waals surface area contributed by atoms with Crippen LogP contribution in [0.4, 0.5) is 0 Å². The van der Waals surface area contributed by atoms with Crippen LogP contribution in [0.25, 0.3) is 0 Å². The highest BCUT2D eigenvalue weighted by Crippen LogP contribution is 2.35. The van der Waals surface area contributed by atoms with Crippen LogP contribution in [0.2, 0.25) is 5.02 Å². The lowest BCUT2D eigenvalue weighted by atomic mass is 9.86. The number of nitrogens with zero attached hydrogens (tertiary/aromatic N) is 2. The van der Waals surface area contributed by atoms with E-state index < -0.39 is 5.60 Å². The Bertz CT molecular complexity index is 383. The second-order valence-electron chi connectivity index (χ2n) is 4.55. The number of ether oxygens (including phenoxy) is 2. The van der Waals surface area contributed by atoms with Gasteiger partial charge in [-0.2, -0.15) is 5.10 Å². The number of nitrogens with two attached hydrogens (primary N) is 1. The van der Waals surface area contributed by atoms with Crippen LogP contribution in [-0.2, 0) is 16.0 Å². The first-order valence-corrected chi connectivity index (χ1v) is 6.94. The quantitative estimate of drug-likeness (QED) is 0.798. The van der Waals surface area contributed by atoms with E-state index in [2.05, 4.69) is 18.9 Å². The van der Waals surface area contributed by atoms with Crippen molar-refractivity contribution in [1.82, 2.24) is 9.78 Å². The third-order valence-electron chi connectivity index (χ3n) is 3.81. The number of halogens is 1. The fourth-order valence-corrected chi connectivity index (χ4v) is 2.65. The second kappa shape index (κ2) is 7.24. The molecule has 0 amide bonds. The second-order valence-corrected chi connectivity index (χ2v) is 4.95. The fraction of sp³-hybridized carbons (Fsp3) is 0.769. The molecule has 0 bridgehead atoms. The molecule has 0 spiro atoms. The third-order valence-corrected chi connectivity index (χ3v) is 4.10. The summed E-state index contributed by atoms with van der Waals surface area (Å²) in [5.41, 5.74) is 6.80. The first kappa shape index (κ1) is 16.4. The minimum atomic E-state index is -0.422. The smallest absolute Gasteiger partial charge is 0.0881 e. The molecule has 1 rings (SSSR count). The summed E-state index contributed by atoms with van der Waals surface area (Å²) in [7, 11) is 3.35. The molecule has 2 N–H and O–H groups in total. The van der Waals surface area contributed by atoms with Crippen molar-refractivity contribution in [2.45, 2.75) is 44.9 Å². The van der Waals surface area contributed by atoms with Crippen molar-refractivity contribution >= 4 is 11.6 Å². The highest BCUT2D eigenvalue weighted by atomic mass is 35.5. The molecule has 0 saturated carbocycles. The van der Waals surface area contributed by atoms with Gasteiger partial charge in [-0.05, 0) is 12.8 Å². The molecule has 1 heterocycles. The van der Waals surface area contributed by atoms with Gasteiger partial charge in [-0.1, -0.05) is 25.4 Å². The summed E-state index contributed by atoms with van der Waals surface area (Å²) in [6.45, 7) is 5.32. The van der Waals surface area contributed by atoms with Crippen molar-refractivity contribution in [3.63, 3.8) is 0 Å². The molecule has 1 unspecified atom stereocenters. The Hall–Kier alpha value is -0.620. The molecule has 1 atom stereocenters. The molecule has 0 aliphatic rings. The van der Waals surface area contributed by atoms with Gasteiger partial charge >= 0.3 is 0 Å². The Morgan fingerprint density at radius 3 is 2.53 bits per heavy atom. The van der Waals surface area contributed by atoms with Crippen molar-refractivity contribution in [2.24, 2.45) is 5.73 Å².